The molecule has 0 saturated carbocycles. The molecule has 0 spiro atoms. The monoisotopic (exact) mass is 478 g/mol. The summed E-state index contributed by atoms with van der Waals surface area (Å²) < 4.78 is 42.6. The van der Waals surface area contributed by atoms with E-state index in [2.05, 4.69) is 14.4 Å². The van der Waals surface area contributed by atoms with Crippen molar-refractivity contribution in [1.29, 1.82) is 10.5 Å². The van der Waals surface area contributed by atoms with E-state index in [1.54, 1.807) is 0 Å². The third kappa shape index (κ3) is 3.37. The molecule has 0 heterocycles. The molecular formula is C28H13F3N4O. The molecule has 0 N–H and O–H groups in total. The second kappa shape index (κ2) is 8.02. The number of hydrogen-bond donors (Lipinski definition) is 0. The summed E-state index contributed by atoms with van der Waals surface area (Å²) in [5, 5.41) is 20.5. The Hall–Kier alpha value is -5.05. The number of benzene rings is 3. The molecule has 0 radical (unpaired) electrons. The molecular weight excluding hydrogens is 465 g/mol. The Morgan fingerprint density at radius 1 is 0.861 bits per heavy atom. The molecule has 0 atom stereocenters. The van der Waals surface area contributed by atoms with Crippen LogP contribution in [-0.4, -0.2) is 6.36 Å². The van der Waals surface area contributed by atoms with Gasteiger partial charge in [0.2, 0.25) is 0 Å². The molecule has 172 valence electrons. The molecule has 3 aromatic carbocycles. The highest BCUT2D eigenvalue weighted by Crippen LogP contribution is 2.41. The van der Waals surface area contributed by atoms with Crippen LogP contribution in [0.25, 0.3) is 43.3 Å². The van der Waals surface area contributed by atoms with Gasteiger partial charge in [-0.2, -0.15) is 0 Å². The summed E-state index contributed by atoms with van der Waals surface area (Å²) in [5.41, 5.74) is 5.86. The summed E-state index contributed by atoms with van der Waals surface area (Å²) in [4.78, 5) is 6.93. The van der Waals surface area contributed by atoms with Crippen molar-refractivity contribution in [3.8, 4) is 40.1 Å². The summed E-state index contributed by atoms with van der Waals surface area (Å²) in [6, 6.07) is 13.7. The number of nitrogens with zero attached hydrogens (tertiary/aromatic N) is 4. The molecule has 0 saturated heterocycles. The van der Waals surface area contributed by atoms with Gasteiger partial charge in [-0.05, 0) is 76.4 Å². The first kappa shape index (κ1) is 22.7. The van der Waals surface area contributed by atoms with Crippen LogP contribution in [0.15, 0.2) is 36.4 Å². The average Bonchev–Trinajstić information content (AvgIpc) is 3.38. The first-order chi connectivity index (χ1) is 17.2. The standard InChI is InChI=1S/C28H13F3N4O/c1-14-4-6-18-15(8-14)10-20-24(18)27(23(13-33)35-3)21-11-16-9-17(36-28(29,30)31)5-7-19(16)25(21)26(20)22(12-32)34-2/h4-9H,10-11H2,1H3/b26-22+,27-23-. The first-order valence-electron chi connectivity index (χ1n) is 10.7. The lowest BCUT2D eigenvalue weighted by Crippen LogP contribution is -2.25. The van der Waals surface area contributed by atoms with E-state index in [9.17, 15) is 23.7 Å². The van der Waals surface area contributed by atoms with Crippen molar-refractivity contribution in [2.75, 3.05) is 0 Å². The molecule has 2 aliphatic rings. The zero-order chi connectivity index (χ0) is 25.8. The Balaban J connectivity index is 1.97. The smallest absolute Gasteiger partial charge is 0.406 e. The average molecular weight is 478 g/mol. The molecule has 8 heteroatoms. The van der Waals surface area contributed by atoms with Crippen molar-refractivity contribution in [3.05, 3.63) is 97.5 Å². The predicted octanol–water partition coefficient (Wildman–Crippen LogP) is 5.14. The lowest BCUT2D eigenvalue weighted by molar-refractivity contribution is -0.274. The third-order valence-corrected chi connectivity index (χ3v) is 6.46. The van der Waals surface area contributed by atoms with Gasteiger partial charge in [0.25, 0.3) is 11.4 Å². The Morgan fingerprint density at radius 2 is 1.36 bits per heavy atom. The molecule has 0 aliphatic heterocycles. The van der Waals surface area contributed by atoms with Gasteiger partial charge in [-0.25, -0.2) is 20.2 Å². The Kier molecular flexibility index (Phi) is 5.06. The van der Waals surface area contributed by atoms with Crippen LogP contribution in [0.3, 0.4) is 0 Å². The maximum atomic E-state index is 12.8. The minimum atomic E-state index is -4.86. The van der Waals surface area contributed by atoms with Gasteiger partial charge in [0.15, 0.2) is 0 Å². The minimum Gasteiger partial charge on any atom is -0.406 e. The van der Waals surface area contributed by atoms with Gasteiger partial charge < -0.3 is 4.74 Å². The molecule has 0 amide bonds. The fraction of sp³-hybridized carbons (Fsp3) is 0.143. The summed E-state index contributed by atoms with van der Waals surface area (Å²) in [6.07, 6.45) is -4.35. The van der Waals surface area contributed by atoms with Gasteiger partial charge in [0.1, 0.15) is 5.75 Å². The molecule has 36 heavy (non-hydrogen) atoms. The zero-order valence-electron chi connectivity index (χ0n) is 18.7. The fourth-order valence-electron chi connectivity index (χ4n) is 5.25. The number of fused-ring (bicyclic) bond motifs is 6. The van der Waals surface area contributed by atoms with Crippen molar-refractivity contribution in [2.45, 2.75) is 26.1 Å². The van der Waals surface area contributed by atoms with Crippen molar-refractivity contribution in [2.24, 2.45) is 0 Å². The Morgan fingerprint density at radius 3 is 1.83 bits per heavy atom. The van der Waals surface area contributed by atoms with Crippen LogP contribution in [0.5, 0.6) is 5.75 Å². The molecule has 0 fully saturated rings. The maximum Gasteiger partial charge on any atom is 0.573 e. The van der Waals surface area contributed by atoms with Crippen molar-refractivity contribution < 1.29 is 17.9 Å². The second-order valence-electron chi connectivity index (χ2n) is 8.48. The number of rotatable bonds is 1. The molecule has 5 nitrogen and oxygen atoms in total. The van der Waals surface area contributed by atoms with Crippen LogP contribution >= 0.6 is 0 Å². The SMILES string of the molecule is [C-]#[N+]/C(C#N)=c1/c2c(/c(=C(\C#N)[N+]#[C-])c3c1-c1ccc(C)cc1C3)-c1ccc(OC(F)(F)F)cc1C2. The molecule has 5 rings (SSSR count). The summed E-state index contributed by atoms with van der Waals surface area (Å²) >= 11 is 0. The van der Waals surface area contributed by atoms with Gasteiger partial charge in [-0.1, -0.05) is 29.8 Å². The molecule has 2 aliphatic carbocycles. The number of halogens is 3. The summed E-state index contributed by atoms with van der Waals surface area (Å²) in [6.45, 7) is 17.3. The van der Waals surface area contributed by atoms with Crippen LogP contribution in [-0.2, 0) is 12.8 Å². The highest BCUT2D eigenvalue weighted by Gasteiger charge is 2.34. The van der Waals surface area contributed by atoms with E-state index >= 15 is 0 Å². The van der Waals surface area contributed by atoms with Crippen LogP contribution in [0.2, 0.25) is 0 Å². The Bertz CT molecular complexity index is 1770. The largest absolute Gasteiger partial charge is 0.573 e. The highest BCUT2D eigenvalue weighted by molar-refractivity contribution is 5.92. The molecule has 3 aromatic rings. The summed E-state index contributed by atoms with van der Waals surface area (Å²) in [7, 11) is 0. The van der Waals surface area contributed by atoms with E-state index in [0.29, 0.717) is 50.2 Å². The van der Waals surface area contributed by atoms with Crippen molar-refractivity contribution in [3.63, 3.8) is 0 Å². The third-order valence-electron chi connectivity index (χ3n) is 6.46. The number of alkyl halides is 3. The van der Waals surface area contributed by atoms with Gasteiger partial charge >= 0.3 is 6.36 Å². The topological polar surface area (TPSA) is 65.5 Å². The second-order valence-corrected chi connectivity index (χ2v) is 8.48. The zero-order valence-corrected chi connectivity index (χ0v) is 18.7. The van der Waals surface area contributed by atoms with Gasteiger partial charge in [-0.3, -0.25) is 0 Å². The van der Waals surface area contributed by atoms with E-state index in [4.69, 9.17) is 13.1 Å². The van der Waals surface area contributed by atoms with Crippen LogP contribution in [0.1, 0.15) is 27.8 Å². The molecule has 0 unspecified atom stereocenters. The van der Waals surface area contributed by atoms with Crippen LogP contribution in [0.4, 0.5) is 13.2 Å². The van der Waals surface area contributed by atoms with Crippen molar-refractivity contribution >= 4 is 11.4 Å². The molecule has 0 aromatic heterocycles. The normalized spacial score (nSPS) is 14.1. The van der Waals surface area contributed by atoms with E-state index in [1.165, 1.54) is 18.2 Å². The lowest BCUT2D eigenvalue weighted by atomic mass is 9.90. The first-order valence-corrected chi connectivity index (χ1v) is 10.7. The number of hydrogen-bond acceptors (Lipinski definition) is 3. The molecule has 0 bridgehead atoms. The Labute approximate surface area is 203 Å². The maximum absolute atomic E-state index is 12.8. The highest BCUT2D eigenvalue weighted by atomic mass is 19.4. The van der Waals surface area contributed by atoms with E-state index in [1.807, 2.05) is 37.3 Å². The number of nitriles is 2. The fourth-order valence-corrected chi connectivity index (χ4v) is 5.25. The summed E-state index contributed by atoms with van der Waals surface area (Å²) in [5.74, 6) is -0.394. The number of ether oxygens (including phenoxy) is 1. The van der Waals surface area contributed by atoms with Crippen molar-refractivity contribution in [1.82, 2.24) is 0 Å². The quantitative estimate of drug-likeness (QED) is 0.314. The van der Waals surface area contributed by atoms with E-state index in [-0.39, 0.29) is 17.8 Å². The van der Waals surface area contributed by atoms with Gasteiger partial charge in [-0.15, -0.1) is 13.2 Å². The minimum absolute atomic E-state index is 0.119. The van der Waals surface area contributed by atoms with E-state index < -0.39 is 12.1 Å². The number of aryl methyl sites for hydroxylation is 1. The predicted molar refractivity (Wildman–Crippen MR) is 125 cm³/mol. The van der Waals surface area contributed by atoms with Gasteiger partial charge in [0.05, 0.1) is 25.3 Å². The van der Waals surface area contributed by atoms with Gasteiger partial charge in [0, 0.05) is 10.4 Å². The lowest BCUT2D eigenvalue weighted by Gasteiger charge is -2.13. The van der Waals surface area contributed by atoms with E-state index in [0.717, 1.165) is 16.7 Å². The van der Waals surface area contributed by atoms with Crippen LogP contribution in [0, 0.1) is 42.7 Å². The van der Waals surface area contributed by atoms with Crippen LogP contribution < -0.4 is 15.2 Å².